The van der Waals surface area contributed by atoms with E-state index in [0.717, 1.165) is 33.3 Å². The van der Waals surface area contributed by atoms with Gasteiger partial charge < -0.3 is 28.4 Å². The highest BCUT2D eigenvalue weighted by atomic mass is 19.4. The van der Waals surface area contributed by atoms with E-state index in [-0.39, 0.29) is 12.0 Å². The van der Waals surface area contributed by atoms with Crippen LogP contribution < -0.4 is 4.74 Å². The Morgan fingerprint density at radius 3 is 1.98 bits per heavy atom. The lowest BCUT2D eigenvalue weighted by atomic mass is 9.98. The number of halogens is 3. The van der Waals surface area contributed by atoms with Gasteiger partial charge >= 0.3 is 30.1 Å². The van der Waals surface area contributed by atoms with E-state index >= 15 is 0 Å². The summed E-state index contributed by atoms with van der Waals surface area (Å²) in [7, 11) is 0. The number of ether oxygens (including phenoxy) is 6. The van der Waals surface area contributed by atoms with Crippen LogP contribution in [0.1, 0.15) is 50.1 Å². The number of aryl methyl sites for hydroxylation is 1. The molecule has 3 rings (SSSR count). The van der Waals surface area contributed by atoms with Crippen molar-refractivity contribution >= 4 is 23.9 Å². The van der Waals surface area contributed by atoms with Crippen molar-refractivity contribution in [2.75, 3.05) is 6.61 Å². The molecule has 1 N–H and O–H groups in total. The molecule has 1 aromatic heterocycles. The number of carbonyl (C=O) groups is 4. The van der Waals surface area contributed by atoms with Crippen LogP contribution in [0.4, 0.5) is 13.2 Å². The first-order valence-electron chi connectivity index (χ1n) is 12.3. The Hall–Kier alpha value is -4.14. The quantitative estimate of drug-likeness (QED) is 0.341. The maximum Gasteiger partial charge on any atom is 0.433 e. The molecule has 1 aliphatic rings. The zero-order valence-corrected chi connectivity index (χ0v) is 22.8. The van der Waals surface area contributed by atoms with Gasteiger partial charge in [-0.05, 0) is 12.5 Å². The molecule has 1 saturated heterocycles. The minimum Gasteiger partial charge on any atom is -0.463 e. The molecular formula is C26H29F3N2O10. The Balaban J connectivity index is 2.07. The van der Waals surface area contributed by atoms with E-state index in [0.29, 0.717) is 5.56 Å². The van der Waals surface area contributed by atoms with Gasteiger partial charge in [-0.2, -0.15) is 13.2 Å². The summed E-state index contributed by atoms with van der Waals surface area (Å²) in [6.07, 6.45) is -12.9. The molecule has 0 spiro atoms. The summed E-state index contributed by atoms with van der Waals surface area (Å²) in [6, 6.07) is 6.73. The summed E-state index contributed by atoms with van der Waals surface area (Å²) in [4.78, 5) is 47.4. The number of aromatic nitrogens is 2. The number of H-pyrrole nitrogens is 1. The lowest BCUT2D eigenvalue weighted by Gasteiger charge is -2.43. The van der Waals surface area contributed by atoms with Crippen molar-refractivity contribution in [2.24, 2.45) is 0 Å². The average molecular weight is 587 g/mol. The van der Waals surface area contributed by atoms with E-state index in [1.54, 1.807) is 24.3 Å². The number of aromatic amines is 1. The van der Waals surface area contributed by atoms with Gasteiger partial charge in [-0.25, -0.2) is 0 Å². The zero-order chi connectivity index (χ0) is 30.5. The number of carbonyl (C=O) groups excluding carboxylic acids is 4. The normalized spacial score (nSPS) is 22.4. The number of hydrogen-bond donors (Lipinski definition) is 1. The second-order valence-corrected chi connectivity index (χ2v) is 9.23. The van der Waals surface area contributed by atoms with Crippen molar-refractivity contribution < 1.29 is 60.8 Å². The number of nitrogens with zero attached hydrogens (tertiary/aromatic N) is 1. The van der Waals surface area contributed by atoms with Gasteiger partial charge in [-0.3, -0.25) is 24.3 Å². The molecule has 1 aliphatic heterocycles. The largest absolute Gasteiger partial charge is 0.463 e. The molecule has 0 amide bonds. The van der Waals surface area contributed by atoms with E-state index in [1.165, 1.54) is 0 Å². The molecule has 12 nitrogen and oxygen atoms in total. The van der Waals surface area contributed by atoms with Crippen molar-refractivity contribution in [3.05, 3.63) is 46.6 Å². The molecule has 224 valence electrons. The number of rotatable bonds is 9. The summed E-state index contributed by atoms with van der Waals surface area (Å²) >= 11 is 0. The predicted octanol–water partition coefficient (Wildman–Crippen LogP) is 2.79. The molecule has 5 atom stereocenters. The van der Waals surface area contributed by atoms with Crippen LogP contribution in [-0.4, -0.2) is 71.4 Å². The average Bonchev–Trinajstić information content (AvgIpc) is 3.24. The van der Waals surface area contributed by atoms with Crippen LogP contribution in [0.2, 0.25) is 0 Å². The summed E-state index contributed by atoms with van der Waals surface area (Å²) < 4.78 is 74.1. The van der Waals surface area contributed by atoms with E-state index in [9.17, 15) is 32.3 Å². The van der Waals surface area contributed by atoms with Gasteiger partial charge in [0.25, 0.3) is 0 Å². The van der Waals surface area contributed by atoms with E-state index in [1.807, 2.05) is 12.0 Å². The van der Waals surface area contributed by atoms with Crippen LogP contribution in [0.25, 0.3) is 0 Å². The predicted molar refractivity (Wildman–Crippen MR) is 130 cm³/mol. The molecule has 15 heteroatoms. The third kappa shape index (κ3) is 8.42. The summed E-state index contributed by atoms with van der Waals surface area (Å²) in [5, 5.41) is 5.62. The van der Waals surface area contributed by atoms with E-state index in [2.05, 4.69) is 5.10 Å². The molecule has 41 heavy (non-hydrogen) atoms. The third-order valence-electron chi connectivity index (χ3n) is 5.79. The summed E-state index contributed by atoms with van der Waals surface area (Å²) in [5.41, 5.74) is -0.159. The first-order valence-corrected chi connectivity index (χ1v) is 12.3. The Morgan fingerprint density at radius 2 is 1.44 bits per heavy atom. The van der Waals surface area contributed by atoms with Crippen LogP contribution in [-0.2, 0) is 55.5 Å². The van der Waals surface area contributed by atoms with Crippen molar-refractivity contribution in [3.63, 3.8) is 0 Å². The third-order valence-corrected chi connectivity index (χ3v) is 5.79. The van der Waals surface area contributed by atoms with E-state index < -0.39 is 78.9 Å². The van der Waals surface area contributed by atoms with E-state index in [4.69, 9.17) is 28.4 Å². The number of alkyl halides is 3. The fourth-order valence-corrected chi connectivity index (χ4v) is 4.15. The Kier molecular flexibility index (Phi) is 9.97. The van der Waals surface area contributed by atoms with Gasteiger partial charge in [0.1, 0.15) is 18.4 Å². The van der Waals surface area contributed by atoms with Crippen LogP contribution in [0, 0.1) is 6.92 Å². The molecule has 1 aromatic carbocycles. The molecular weight excluding hydrogens is 557 g/mol. The highest BCUT2D eigenvalue weighted by Gasteiger charge is 2.54. The number of nitrogens with one attached hydrogen (secondary N) is 1. The number of benzene rings is 1. The lowest BCUT2D eigenvalue weighted by Crippen LogP contribution is -2.63. The van der Waals surface area contributed by atoms with Crippen LogP contribution in [0.15, 0.2) is 24.3 Å². The second-order valence-electron chi connectivity index (χ2n) is 9.23. The molecule has 2 heterocycles. The van der Waals surface area contributed by atoms with Gasteiger partial charge in [0.2, 0.25) is 18.3 Å². The highest BCUT2D eigenvalue weighted by molar-refractivity contribution is 5.68. The lowest BCUT2D eigenvalue weighted by molar-refractivity contribution is -0.289. The van der Waals surface area contributed by atoms with Gasteiger partial charge in [0, 0.05) is 34.1 Å². The Morgan fingerprint density at radius 1 is 0.878 bits per heavy atom. The molecule has 0 saturated carbocycles. The molecule has 0 aliphatic carbocycles. The second kappa shape index (κ2) is 13.0. The number of hydrogen-bond acceptors (Lipinski definition) is 11. The fourth-order valence-electron chi connectivity index (χ4n) is 4.15. The first kappa shape index (κ1) is 31.4. The summed E-state index contributed by atoms with van der Waals surface area (Å²) in [5.74, 6) is -3.90. The topological polar surface area (TPSA) is 152 Å². The molecule has 0 radical (unpaired) electrons. The fraction of sp³-hybridized carbons (Fsp3) is 0.500. The Bertz CT molecular complexity index is 1260. The first-order chi connectivity index (χ1) is 19.1. The Labute approximate surface area is 232 Å². The smallest absolute Gasteiger partial charge is 0.433 e. The maximum atomic E-state index is 13.9. The van der Waals surface area contributed by atoms with Gasteiger partial charge in [0.05, 0.1) is 5.56 Å². The molecule has 0 unspecified atom stereocenters. The van der Waals surface area contributed by atoms with Gasteiger partial charge in [-0.1, -0.05) is 29.8 Å². The molecule has 1 fully saturated rings. The van der Waals surface area contributed by atoms with Crippen LogP contribution in [0.3, 0.4) is 0 Å². The van der Waals surface area contributed by atoms with Crippen molar-refractivity contribution in [2.45, 2.75) is 77.9 Å². The minimum absolute atomic E-state index is 0.258. The van der Waals surface area contributed by atoms with Crippen molar-refractivity contribution in [1.29, 1.82) is 0 Å². The molecule has 2 aromatic rings. The zero-order valence-electron chi connectivity index (χ0n) is 22.8. The number of esters is 4. The maximum absolute atomic E-state index is 13.9. The van der Waals surface area contributed by atoms with Gasteiger partial charge in [-0.15, -0.1) is 5.10 Å². The van der Waals surface area contributed by atoms with Crippen LogP contribution in [0.5, 0.6) is 5.88 Å². The summed E-state index contributed by atoms with van der Waals surface area (Å²) in [6.45, 7) is 5.49. The standard InChI is InChI=1S/C26H29F3N2O10/c1-12-6-8-17(9-7-12)10-18-23(26(27,28)29)30-31-24(18)41-25-22(39-16(5)35)21(38-15(4)34)20(37-14(3)33)19(40-25)11-36-13(2)32/h6-9,19-22,25H,10-11H2,1-5H3,(H,30,31)/t19-,20-,21+,22-,25+/m1/s1. The van der Waals surface area contributed by atoms with Crippen molar-refractivity contribution in [1.82, 2.24) is 10.2 Å². The monoisotopic (exact) mass is 586 g/mol. The van der Waals surface area contributed by atoms with Crippen LogP contribution >= 0.6 is 0 Å². The van der Waals surface area contributed by atoms with Crippen molar-refractivity contribution in [3.8, 4) is 5.88 Å². The SMILES string of the molecule is CC(=O)OC[C@H]1O[C@@H](Oc2n[nH]c(C(F)(F)F)c2Cc2ccc(C)cc2)[C@H](OC(C)=O)[C@@H](OC(C)=O)[C@@H]1OC(C)=O. The molecule has 0 bridgehead atoms. The highest BCUT2D eigenvalue weighted by Crippen LogP contribution is 2.37. The van der Waals surface area contributed by atoms with Gasteiger partial charge in [0.15, 0.2) is 12.2 Å². The minimum atomic E-state index is -4.84.